The highest BCUT2D eigenvalue weighted by molar-refractivity contribution is 9.10. The molecule has 18 heavy (non-hydrogen) atoms. The summed E-state index contributed by atoms with van der Waals surface area (Å²) >= 11 is 3.33. The van der Waals surface area contributed by atoms with E-state index < -0.39 is 0 Å². The van der Waals surface area contributed by atoms with Crippen LogP contribution < -0.4 is 10.1 Å². The molecule has 0 atom stereocenters. The van der Waals surface area contributed by atoms with Crippen LogP contribution in [0.5, 0.6) is 5.75 Å². The smallest absolute Gasteiger partial charge is 0.258 e. The van der Waals surface area contributed by atoms with Crippen LogP contribution in [0.2, 0.25) is 0 Å². The Kier molecular flexibility index (Phi) is 4.41. The molecule has 0 aliphatic heterocycles. The molecule has 1 heterocycles. The van der Waals surface area contributed by atoms with Gasteiger partial charge in [0.25, 0.3) is 5.91 Å². The van der Waals surface area contributed by atoms with Crippen molar-refractivity contribution in [3.05, 3.63) is 52.9 Å². The monoisotopic (exact) mass is 309 g/mol. The number of carbonyl (C=O) groups is 1. The van der Waals surface area contributed by atoms with Gasteiger partial charge in [-0.15, -0.1) is 0 Å². The van der Waals surface area contributed by atoms with E-state index >= 15 is 0 Å². The van der Waals surface area contributed by atoms with Crippen molar-refractivity contribution in [1.82, 2.24) is 5.32 Å². The number of nitrogens with one attached hydrogen (secondary N) is 1. The summed E-state index contributed by atoms with van der Waals surface area (Å²) in [5.41, 5.74) is 0. The summed E-state index contributed by atoms with van der Waals surface area (Å²) in [5, 5.41) is 2.70. The van der Waals surface area contributed by atoms with Crippen LogP contribution in [0.25, 0.3) is 0 Å². The molecular formula is C13H12BrNO3. The third-order valence-corrected chi connectivity index (χ3v) is 2.70. The van der Waals surface area contributed by atoms with Crippen molar-refractivity contribution in [2.45, 2.75) is 6.54 Å². The van der Waals surface area contributed by atoms with Gasteiger partial charge in [0.2, 0.25) is 0 Å². The molecule has 0 spiro atoms. The number of amides is 1. The summed E-state index contributed by atoms with van der Waals surface area (Å²) in [6.45, 7) is 0.352. The summed E-state index contributed by atoms with van der Waals surface area (Å²) in [4.78, 5) is 11.5. The largest absolute Gasteiger partial charge is 0.484 e. The van der Waals surface area contributed by atoms with Crippen LogP contribution in [0.1, 0.15) is 5.76 Å². The Morgan fingerprint density at radius 3 is 2.94 bits per heavy atom. The first-order valence-corrected chi connectivity index (χ1v) is 6.21. The highest BCUT2D eigenvalue weighted by Crippen LogP contribution is 2.17. The zero-order valence-corrected chi connectivity index (χ0v) is 11.1. The molecule has 1 aromatic heterocycles. The average Bonchev–Trinajstić information content (AvgIpc) is 2.87. The third kappa shape index (κ3) is 3.92. The number of carbonyl (C=O) groups excluding carboxylic acids is 1. The quantitative estimate of drug-likeness (QED) is 0.924. The molecule has 1 N–H and O–H groups in total. The normalized spacial score (nSPS) is 10.1. The second-order valence-corrected chi connectivity index (χ2v) is 4.52. The molecule has 0 saturated heterocycles. The molecule has 2 aromatic rings. The van der Waals surface area contributed by atoms with E-state index in [9.17, 15) is 4.79 Å². The summed E-state index contributed by atoms with van der Waals surface area (Å²) < 4.78 is 11.4. The molecule has 4 nitrogen and oxygen atoms in total. The lowest BCUT2D eigenvalue weighted by molar-refractivity contribution is -0.123. The van der Waals surface area contributed by atoms with Crippen LogP contribution in [-0.4, -0.2) is 12.5 Å². The molecule has 1 aromatic carbocycles. The fourth-order valence-corrected chi connectivity index (χ4v) is 1.73. The van der Waals surface area contributed by atoms with Crippen LogP contribution in [0, 0.1) is 0 Å². The summed E-state index contributed by atoms with van der Waals surface area (Å²) in [6, 6.07) is 10.9. The van der Waals surface area contributed by atoms with E-state index in [-0.39, 0.29) is 12.5 Å². The zero-order chi connectivity index (χ0) is 12.8. The van der Waals surface area contributed by atoms with Crippen molar-refractivity contribution in [2.24, 2.45) is 0 Å². The molecule has 0 aliphatic rings. The fourth-order valence-electron chi connectivity index (χ4n) is 1.36. The lowest BCUT2D eigenvalue weighted by Crippen LogP contribution is -2.28. The van der Waals surface area contributed by atoms with Crippen molar-refractivity contribution >= 4 is 21.8 Å². The van der Waals surface area contributed by atoms with E-state index in [1.807, 2.05) is 12.1 Å². The Labute approximate surface area is 113 Å². The lowest BCUT2D eigenvalue weighted by Gasteiger charge is -2.06. The van der Waals surface area contributed by atoms with Crippen molar-refractivity contribution in [3.63, 3.8) is 0 Å². The molecule has 0 aliphatic carbocycles. The number of furan rings is 1. The van der Waals surface area contributed by atoms with Crippen LogP contribution in [0.4, 0.5) is 0 Å². The van der Waals surface area contributed by atoms with Gasteiger partial charge in [0, 0.05) is 4.47 Å². The van der Waals surface area contributed by atoms with Gasteiger partial charge in [0.1, 0.15) is 11.5 Å². The Morgan fingerprint density at radius 2 is 2.22 bits per heavy atom. The van der Waals surface area contributed by atoms with Crippen LogP contribution in [0.3, 0.4) is 0 Å². The van der Waals surface area contributed by atoms with Crippen LogP contribution in [0.15, 0.2) is 51.6 Å². The Hall–Kier alpha value is -1.75. The van der Waals surface area contributed by atoms with E-state index in [1.165, 1.54) is 0 Å². The topological polar surface area (TPSA) is 51.5 Å². The number of ether oxygens (including phenoxy) is 1. The maximum Gasteiger partial charge on any atom is 0.258 e. The number of rotatable bonds is 5. The van der Waals surface area contributed by atoms with E-state index in [0.29, 0.717) is 18.1 Å². The summed E-state index contributed by atoms with van der Waals surface area (Å²) in [5.74, 6) is 1.18. The van der Waals surface area contributed by atoms with Gasteiger partial charge < -0.3 is 14.5 Å². The van der Waals surface area contributed by atoms with Gasteiger partial charge in [-0.2, -0.15) is 0 Å². The van der Waals surface area contributed by atoms with Gasteiger partial charge in [-0.05, 0) is 30.3 Å². The molecule has 0 bridgehead atoms. The van der Waals surface area contributed by atoms with Crippen LogP contribution >= 0.6 is 15.9 Å². The molecule has 5 heteroatoms. The van der Waals surface area contributed by atoms with Gasteiger partial charge in [-0.25, -0.2) is 0 Å². The zero-order valence-electron chi connectivity index (χ0n) is 9.56. The molecule has 1 amide bonds. The summed E-state index contributed by atoms with van der Waals surface area (Å²) in [6.07, 6.45) is 1.57. The van der Waals surface area contributed by atoms with E-state index in [2.05, 4.69) is 21.2 Å². The molecule has 94 valence electrons. The molecule has 0 unspecified atom stereocenters. The fraction of sp³-hybridized carbons (Fsp3) is 0.154. The number of hydrogen-bond acceptors (Lipinski definition) is 3. The number of halogens is 1. The van der Waals surface area contributed by atoms with Gasteiger partial charge in [-0.3, -0.25) is 4.79 Å². The second kappa shape index (κ2) is 6.26. The minimum absolute atomic E-state index is 0.0167. The van der Waals surface area contributed by atoms with Gasteiger partial charge in [0.05, 0.1) is 12.8 Å². The maximum absolute atomic E-state index is 11.5. The van der Waals surface area contributed by atoms with E-state index in [0.717, 1.165) is 4.47 Å². The second-order valence-electron chi connectivity index (χ2n) is 3.60. The van der Waals surface area contributed by atoms with Crippen molar-refractivity contribution < 1.29 is 13.9 Å². The van der Waals surface area contributed by atoms with Crippen molar-refractivity contribution in [2.75, 3.05) is 6.61 Å². The van der Waals surface area contributed by atoms with Crippen LogP contribution in [-0.2, 0) is 11.3 Å². The first-order chi connectivity index (χ1) is 8.74. The van der Waals surface area contributed by atoms with Gasteiger partial charge >= 0.3 is 0 Å². The number of hydrogen-bond donors (Lipinski definition) is 1. The molecule has 0 fully saturated rings. The van der Waals surface area contributed by atoms with E-state index in [4.69, 9.17) is 9.15 Å². The first kappa shape index (κ1) is 12.7. The minimum Gasteiger partial charge on any atom is -0.484 e. The molecular weight excluding hydrogens is 298 g/mol. The van der Waals surface area contributed by atoms with Crippen molar-refractivity contribution in [1.29, 1.82) is 0 Å². The molecule has 0 radical (unpaired) electrons. The predicted molar refractivity (Wildman–Crippen MR) is 70.2 cm³/mol. The molecule has 0 saturated carbocycles. The van der Waals surface area contributed by atoms with Crippen molar-refractivity contribution in [3.8, 4) is 5.75 Å². The first-order valence-electron chi connectivity index (χ1n) is 5.41. The minimum atomic E-state index is -0.189. The van der Waals surface area contributed by atoms with Gasteiger partial charge in [0.15, 0.2) is 6.61 Å². The Balaban J connectivity index is 1.75. The predicted octanol–water partition coefficient (Wildman–Crippen LogP) is 2.74. The summed E-state index contributed by atoms with van der Waals surface area (Å²) in [7, 11) is 0. The third-order valence-electron chi connectivity index (χ3n) is 2.21. The standard InChI is InChI=1S/C13H12BrNO3/c14-10-3-1-4-11(7-10)18-9-13(16)15-8-12-5-2-6-17-12/h1-7H,8-9H2,(H,15,16). The van der Waals surface area contributed by atoms with Gasteiger partial charge in [-0.1, -0.05) is 22.0 Å². The Bertz CT molecular complexity index is 511. The SMILES string of the molecule is O=C(COc1cccc(Br)c1)NCc1ccco1. The maximum atomic E-state index is 11.5. The molecule has 2 rings (SSSR count). The lowest BCUT2D eigenvalue weighted by atomic mass is 10.3. The Morgan fingerprint density at radius 1 is 1.33 bits per heavy atom. The highest BCUT2D eigenvalue weighted by atomic mass is 79.9. The number of benzene rings is 1. The highest BCUT2D eigenvalue weighted by Gasteiger charge is 2.04. The average molecular weight is 310 g/mol. The van der Waals surface area contributed by atoms with E-state index in [1.54, 1.807) is 30.5 Å².